The Balaban J connectivity index is 0.00000384. The molecule has 0 atom stereocenters. The molecule has 0 bridgehead atoms. The minimum absolute atomic E-state index is 0. The molecule has 0 aliphatic carbocycles. The summed E-state index contributed by atoms with van der Waals surface area (Å²) in [6.07, 6.45) is 1.90. The number of aromatic nitrogens is 2. The number of hydrogen-bond donors (Lipinski definition) is 0. The molecule has 10 rings (SSSR count). The molecule has 9 aromatic rings. The minimum atomic E-state index is -0.0110. The SMILES string of the molecule is CC(C)(C)c1ccnc(-n2c3[c-]c(Oc4[c-]c(N5[CH-]N(c6cccc7ccc8ccccc8c67)c6ccccc65)ccc4)ccc3c3ccccc32)c1.[Pt]. The average molecular weight is 879 g/mol. The number of fused-ring (bicyclic) bond motifs is 7. The summed E-state index contributed by atoms with van der Waals surface area (Å²) >= 11 is 0. The van der Waals surface area contributed by atoms with Crippen LogP contribution in [0, 0.1) is 18.8 Å². The summed E-state index contributed by atoms with van der Waals surface area (Å²) in [5, 5.41) is 7.13. The number of para-hydroxylation sites is 3. The topological polar surface area (TPSA) is 33.5 Å². The number of rotatable bonds is 5. The van der Waals surface area contributed by atoms with E-state index in [9.17, 15) is 0 Å². The van der Waals surface area contributed by atoms with E-state index in [1.165, 1.54) is 27.1 Å². The molecule has 266 valence electrons. The summed E-state index contributed by atoms with van der Waals surface area (Å²) in [7, 11) is 0. The van der Waals surface area contributed by atoms with Crippen molar-refractivity contribution in [2.45, 2.75) is 26.2 Å². The Hall–Kier alpha value is -5.90. The molecular formula is C48H35N4OPt-3. The first-order valence-corrected chi connectivity index (χ1v) is 18.0. The van der Waals surface area contributed by atoms with Gasteiger partial charge in [-0.15, -0.1) is 48.1 Å². The van der Waals surface area contributed by atoms with Crippen molar-refractivity contribution >= 4 is 66.1 Å². The maximum Gasteiger partial charge on any atom is 0.135 e. The van der Waals surface area contributed by atoms with Crippen LogP contribution in [0.5, 0.6) is 11.5 Å². The van der Waals surface area contributed by atoms with Crippen LogP contribution in [0.1, 0.15) is 26.3 Å². The van der Waals surface area contributed by atoms with E-state index in [0.29, 0.717) is 11.5 Å². The van der Waals surface area contributed by atoms with Crippen molar-refractivity contribution < 1.29 is 25.8 Å². The molecule has 3 heterocycles. The molecule has 0 spiro atoms. The van der Waals surface area contributed by atoms with Crippen LogP contribution in [0.15, 0.2) is 152 Å². The third-order valence-corrected chi connectivity index (χ3v) is 10.3. The summed E-state index contributed by atoms with van der Waals surface area (Å²) in [6, 6.07) is 58.1. The van der Waals surface area contributed by atoms with E-state index in [0.717, 1.165) is 50.4 Å². The average Bonchev–Trinajstić information content (AvgIpc) is 3.73. The van der Waals surface area contributed by atoms with Crippen LogP contribution in [0.25, 0.3) is 49.2 Å². The Bertz CT molecular complexity index is 2870. The zero-order chi connectivity index (χ0) is 35.7. The number of pyridine rings is 1. The first kappa shape index (κ1) is 33.9. The van der Waals surface area contributed by atoms with Crippen molar-refractivity contribution in [3.8, 4) is 17.3 Å². The molecule has 0 unspecified atom stereocenters. The minimum Gasteiger partial charge on any atom is -0.509 e. The molecule has 0 saturated heterocycles. The number of benzene rings is 7. The molecule has 1 aliphatic heterocycles. The van der Waals surface area contributed by atoms with Gasteiger partial charge in [-0.25, -0.2) is 4.98 Å². The Morgan fingerprint density at radius 2 is 1.28 bits per heavy atom. The van der Waals surface area contributed by atoms with Gasteiger partial charge in [-0.2, -0.15) is 12.1 Å². The summed E-state index contributed by atoms with van der Waals surface area (Å²) in [5.41, 5.74) is 7.38. The molecule has 0 N–H and O–H groups in total. The van der Waals surface area contributed by atoms with Crippen molar-refractivity contribution in [3.05, 3.63) is 176 Å². The standard InChI is InChI=1S/C48H35N4O.Pt/c1-48(2,3)34-26-27-49-46(28-34)52-41-18-7-6-17-39(41)40-25-24-37(30-45(40)52)53-36-15-11-14-35(29-36)50-31-51(43-20-9-8-19-42(43)50)44-21-10-13-33-23-22-32-12-4-5-16-38(32)47(33)44;/h4-28,31H,1-3H3;/q-3;. The largest absolute Gasteiger partial charge is 0.509 e. The second-order valence-electron chi connectivity index (χ2n) is 14.6. The van der Waals surface area contributed by atoms with Crippen LogP contribution in [0.2, 0.25) is 0 Å². The smallest absolute Gasteiger partial charge is 0.135 e. The second kappa shape index (κ2) is 13.2. The van der Waals surface area contributed by atoms with Gasteiger partial charge in [-0.05, 0) is 68.9 Å². The summed E-state index contributed by atoms with van der Waals surface area (Å²) in [5.74, 6) is 2.07. The van der Waals surface area contributed by atoms with Crippen LogP contribution < -0.4 is 14.5 Å². The van der Waals surface area contributed by atoms with Crippen LogP contribution in [-0.2, 0) is 26.5 Å². The zero-order valence-electron chi connectivity index (χ0n) is 30.0. The van der Waals surface area contributed by atoms with Crippen LogP contribution in [0.4, 0.5) is 22.7 Å². The normalized spacial score (nSPS) is 12.8. The van der Waals surface area contributed by atoms with E-state index in [-0.39, 0.29) is 26.5 Å². The molecule has 0 saturated carbocycles. The van der Waals surface area contributed by atoms with Gasteiger partial charge in [0.25, 0.3) is 0 Å². The fourth-order valence-electron chi connectivity index (χ4n) is 7.67. The van der Waals surface area contributed by atoms with Crippen molar-refractivity contribution in [3.63, 3.8) is 0 Å². The fourth-order valence-corrected chi connectivity index (χ4v) is 7.67. The van der Waals surface area contributed by atoms with Crippen molar-refractivity contribution in [1.82, 2.24) is 9.55 Å². The van der Waals surface area contributed by atoms with Gasteiger partial charge in [-0.3, -0.25) is 0 Å². The van der Waals surface area contributed by atoms with Gasteiger partial charge < -0.3 is 19.1 Å². The van der Waals surface area contributed by atoms with E-state index in [4.69, 9.17) is 9.72 Å². The molecule has 5 nitrogen and oxygen atoms in total. The molecule has 0 radical (unpaired) electrons. The third-order valence-electron chi connectivity index (χ3n) is 10.3. The van der Waals surface area contributed by atoms with Gasteiger partial charge in [0.1, 0.15) is 5.82 Å². The maximum atomic E-state index is 6.56. The van der Waals surface area contributed by atoms with Gasteiger partial charge >= 0.3 is 0 Å². The predicted octanol–water partition coefficient (Wildman–Crippen LogP) is 12.6. The van der Waals surface area contributed by atoms with Gasteiger partial charge in [0.05, 0.1) is 0 Å². The molecule has 1 aliphatic rings. The van der Waals surface area contributed by atoms with Gasteiger partial charge in [-0.1, -0.05) is 105 Å². The first-order valence-electron chi connectivity index (χ1n) is 18.0. The Morgan fingerprint density at radius 3 is 2.13 bits per heavy atom. The number of hydrogen-bond acceptors (Lipinski definition) is 4. The number of anilines is 4. The van der Waals surface area contributed by atoms with E-state index in [1.807, 2.05) is 24.4 Å². The number of ether oxygens (including phenoxy) is 1. The molecule has 7 aromatic carbocycles. The molecular weight excluding hydrogens is 844 g/mol. The predicted molar refractivity (Wildman–Crippen MR) is 218 cm³/mol. The zero-order valence-corrected chi connectivity index (χ0v) is 32.3. The van der Waals surface area contributed by atoms with Gasteiger partial charge in [0.2, 0.25) is 0 Å². The van der Waals surface area contributed by atoms with Crippen LogP contribution in [0.3, 0.4) is 0 Å². The maximum absolute atomic E-state index is 6.56. The van der Waals surface area contributed by atoms with Gasteiger partial charge in [0.15, 0.2) is 0 Å². The quantitative estimate of drug-likeness (QED) is 0.127. The van der Waals surface area contributed by atoms with Crippen LogP contribution in [-0.4, -0.2) is 9.55 Å². The fraction of sp³-hybridized carbons (Fsp3) is 0.0833. The van der Waals surface area contributed by atoms with Crippen molar-refractivity contribution in [1.29, 1.82) is 0 Å². The Kier molecular flexibility index (Phi) is 8.28. The molecule has 0 amide bonds. The second-order valence-corrected chi connectivity index (χ2v) is 14.6. The third kappa shape index (κ3) is 5.63. The summed E-state index contributed by atoms with van der Waals surface area (Å²) < 4.78 is 8.75. The van der Waals surface area contributed by atoms with Crippen molar-refractivity contribution in [2.24, 2.45) is 0 Å². The van der Waals surface area contributed by atoms with Crippen LogP contribution >= 0.6 is 0 Å². The Labute approximate surface area is 329 Å². The van der Waals surface area contributed by atoms with E-state index >= 15 is 0 Å². The summed E-state index contributed by atoms with van der Waals surface area (Å²) in [4.78, 5) is 9.30. The summed E-state index contributed by atoms with van der Waals surface area (Å²) in [6.45, 7) is 8.83. The van der Waals surface area contributed by atoms with Crippen molar-refractivity contribution in [2.75, 3.05) is 9.80 Å². The monoisotopic (exact) mass is 878 g/mol. The van der Waals surface area contributed by atoms with E-state index < -0.39 is 0 Å². The first-order chi connectivity index (χ1) is 25.9. The van der Waals surface area contributed by atoms with E-state index in [1.54, 1.807) is 0 Å². The van der Waals surface area contributed by atoms with E-state index in [2.05, 4.69) is 181 Å². The molecule has 2 aromatic heterocycles. The molecule has 6 heteroatoms. The molecule has 0 fully saturated rings. The van der Waals surface area contributed by atoms with Gasteiger partial charge in [0, 0.05) is 66.7 Å². The molecule has 54 heavy (non-hydrogen) atoms. The number of nitrogens with zero attached hydrogens (tertiary/aromatic N) is 4. The Morgan fingerprint density at radius 1 is 0.593 bits per heavy atom.